The van der Waals surface area contributed by atoms with Gasteiger partial charge >= 0.3 is 5.97 Å². The number of carbonyl (C=O) groups excluding carboxylic acids is 4. The van der Waals surface area contributed by atoms with Gasteiger partial charge in [0, 0.05) is 43.7 Å². The normalized spacial score (nSPS) is 11.6. The molecular formula is C32H43NO6. The SMILES string of the molecule is CCC(C)c1ccc(C(=O)CCCOCCN(C(=O)CCCCCC(C)=O)c2ccc(C(=O)OC)cc2)cc1. The Morgan fingerprint density at radius 3 is 2.05 bits per heavy atom. The number of nitrogens with zero attached hydrogens (tertiary/aromatic N) is 1. The van der Waals surface area contributed by atoms with Crippen molar-refractivity contribution in [1.82, 2.24) is 0 Å². The zero-order valence-electron chi connectivity index (χ0n) is 23.9. The van der Waals surface area contributed by atoms with E-state index in [0.29, 0.717) is 69.0 Å². The molecule has 7 nitrogen and oxygen atoms in total. The van der Waals surface area contributed by atoms with Crippen molar-refractivity contribution < 1.29 is 28.7 Å². The van der Waals surface area contributed by atoms with E-state index in [1.54, 1.807) is 36.1 Å². The van der Waals surface area contributed by atoms with Gasteiger partial charge < -0.3 is 19.2 Å². The van der Waals surface area contributed by atoms with Crippen LogP contribution in [0.2, 0.25) is 0 Å². The molecule has 0 fully saturated rings. The number of rotatable bonds is 18. The minimum absolute atomic E-state index is 0.0386. The highest BCUT2D eigenvalue weighted by molar-refractivity contribution is 5.96. The van der Waals surface area contributed by atoms with E-state index in [4.69, 9.17) is 9.47 Å². The van der Waals surface area contributed by atoms with Crippen LogP contribution < -0.4 is 4.90 Å². The third kappa shape index (κ3) is 11.1. The number of Topliss-reactive ketones (excluding diaryl/α,β-unsaturated/α-hetero) is 2. The number of ether oxygens (including phenoxy) is 2. The summed E-state index contributed by atoms with van der Waals surface area (Å²) in [6.07, 6.45) is 5.25. The molecule has 1 atom stereocenters. The topological polar surface area (TPSA) is 90.0 Å². The van der Waals surface area contributed by atoms with E-state index in [-0.39, 0.29) is 17.5 Å². The highest BCUT2D eigenvalue weighted by atomic mass is 16.5. The number of ketones is 2. The molecule has 2 aromatic rings. The van der Waals surface area contributed by atoms with Crippen molar-refractivity contribution in [3.63, 3.8) is 0 Å². The van der Waals surface area contributed by atoms with E-state index < -0.39 is 5.97 Å². The zero-order chi connectivity index (χ0) is 28.6. The monoisotopic (exact) mass is 537 g/mol. The van der Waals surface area contributed by atoms with E-state index in [2.05, 4.69) is 13.8 Å². The summed E-state index contributed by atoms with van der Waals surface area (Å²) in [6, 6.07) is 14.6. The first-order valence-electron chi connectivity index (χ1n) is 14.0. The van der Waals surface area contributed by atoms with Gasteiger partial charge in [-0.05, 0) is 68.4 Å². The van der Waals surface area contributed by atoms with Crippen LogP contribution >= 0.6 is 0 Å². The number of hydrogen-bond donors (Lipinski definition) is 0. The highest BCUT2D eigenvalue weighted by Crippen LogP contribution is 2.20. The molecule has 0 radical (unpaired) electrons. The van der Waals surface area contributed by atoms with E-state index in [0.717, 1.165) is 24.8 Å². The minimum atomic E-state index is -0.436. The summed E-state index contributed by atoms with van der Waals surface area (Å²) in [5, 5.41) is 0. The van der Waals surface area contributed by atoms with Gasteiger partial charge in [0.2, 0.25) is 5.91 Å². The van der Waals surface area contributed by atoms with E-state index in [9.17, 15) is 19.2 Å². The molecule has 0 bridgehead atoms. The standard InChI is InChI=1S/C32H43NO6/c1-5-24(2)26-13-15-27(16-14-26)30(35)11-9-22-39-23-21-33(31(36)12-8-6-7-10-25(3)34)29-19-17-28(18-20-29)32(37)38-4/h13-20,24H,5-12,21-23H2,1-4H3. The molecule has 1 amide bonds. The lowest BCUT2D eigenvalue weighted by Crippen LogP contribution is -2.34. The predicted octanol–water partition coefficient (Wildman–Crippen LogP) is 6.54. The molecule has 0 saturated heterocycles. The number of carbonyl (C=O) groups is 4. The van der Waals surface area contributed by atoms with Crippen LogP contribution in [0.5, 0.6) is 0 Å². The van der Waals surface area contributed by atoms with E-state index in [1.165, 1.54) is 12.7 Å². The maximum Gasteiger partial charge on any atom is 0.337 e. The molecule has 7 heteroatoms. The second-order valence-corrected chi connectivity index (χ2v) is 9.92. The van der Waals surface area contributed by atoms with Gasteiger partial charge in [-0.1, -0.05) is 44.5 Å². The summed E-state index contributed by atoms with van der Waals surface area (Å²) in [5.41, 5.74) is 3.05. The van der Waals surface area contributed by atoms with Gasteiger partial charge in [0.25, 0.3) is 0 Å². The average molecular weight is 538 g/mol. The van der Waals surface area contributed by atoms with Crippen LogP contribution in [-0.4, -0.2) is 50.3 Å². The molecule has 39 heavy (non-hydrogen) atoms. The highest BCUT2D eigenvalue weighted by Gasteiger charge is 2.17. The molecule has 0 spiro atoms. The maximum atomic E-state index is 13.0. The first kappa shape index (κ1) is 31.9. The van der Waals surface area contributed by atoms with Crippen molar-refractivity contribution in [3.05, 3.63) is 65.2 Å². The quantitative estimate of drug-likeness (QED) is 0.122. The minimum Gasteiger partial charge on any atom is -0.465 e. The molecule has 0 aliphatic heterocycles. The second kappa shape index (κ2) is 17.3. The van der Waals surface area contributed by atoms with Gasteiger partial charge in [0.1, 0.15) is 5.78 Å². The lowest BCUT2D eigenvalue weighted by molar-refractivity contribution is -0.119. The van der Waals surface area contributed by atoms with Gasteiger partial charge in [-0.15, -0.1) is 0 Å². The lowest BCUT2D eigenvalue weighted by atomic mass is 9.96. The summed E-state index contributed by atoms with van der Waals surface area (Å²) in [6.45, 7) is 7.01. The molecule has 0 saturated carbocycles. The van der Waals surface area contributed by atoms with Crippen LogP contribution in [0.25, 0.3) is 0 Å². The molecule has 2 aromatic carbocycles. The van der Waals surface area contributed by atoms with Crippen LogP contribution in [0.3, 0.4) is 0 Å². The molecule has 212 valence electrons. The third-order valence-corrected chi connectivity index (χ3v) is 6.89. The summed E-state index contributed by atoms with van der Waals surface area (Å²) < 4.78 is 10.5. The van der Waals surface area contributed by atoms with Crippen molar-refractivity contribution in [3.8, 4) is 0 Å². The molecule has 1 unspecified atom stereocenters. The fraction of sp³-hybridized carbons (Fsp3) is 0.500. The Morgan fingerprint density at radius 1 is 0.795 bits per heavy atom. The lowest BCUT2D eigenvalue weighted by Gasteiger charge is -2.23. The molecule has 0 aliphatic rings. The van der Waals surface area contributed by atoms with Crippen LogP contribution in [0.4, 0.5) is 5.69 Å². The average Bonchev–Trinajstić information content (AvgIpc) is 2.95. The van der Waals surface area contributed by atoms with E-state index in [1.807, 2.05) is 24.3 Å². The van der Waals surface area contributed by atoms with Gasteiger partial charge in [0.05, 0.1) is 19.3 Å². The van der Waals surface area contributed by atoms with Crippen molar-refractivity contribution >= 4 is 29.1 Å². The van der Waals surface area contributed by atoms with Crippen molar-refractivity contribution in [2.75, 3.05) is 31.8 Å². The molecule has 2 rings (SSSR count). The second-order valence-electron chi connectivity index (χ2n) is 9.92. The number of methoxy groups -OCH3 is 1. The number of anilines is 1. The summed E-state index contributed by atoms with van der Waals surface area (Å²) in [7, 11) is 1.33. The molecular weight excluding hydrogens is 494 g/mol. The van der Waals surface area contributed by atoms with Crippen molar-refractivity contribution in [1.29, 1.82) is 0 Å². The predicted molar refractivity (Wildman–Crippen MR) is 153 cm³/mol. The summed E-state index contributed by atoms with van der Waals surface area (Å²) in [5.74, 6) is 0.262. The Labute approximate surface area is 232 Å². The van der Waals surface area contributed by atoms with Crippen LogP contribution in [0.1, 0.15) is 104 Å². The van der Waals surface area contributed by atoms with Gasteiger partial charge in [-0.3, -0.25) is 9.59 Å². The fourth-order valence-corrected chi connectivity index (χ4v) is 4.23. The Kier molecular flexibility index (Phi) is 14.2. The number of hydrogen-bond acceptors (Lipinski definition) is 6. The molecule has 0 aromatic heterocycles. The first-order chi connectivity index (χ1) is 18.8. The Balaban J connectivity index is 1.85. The Morgan fingerprint density at radius 2 is 1.44 bits per heavy atom. The van der Waals surface area contributed by atoms with Gasteiger partial charge in [0.15, 0.2) is 5.78 Å². The fourth-order valence-electron chi connectivity index (χ4n) is 4.23. The molecule has 0 N–H and O–H groups in total. The summed E-state index contributed by atoms with van der Waals surface area (Å²) in [4.78, 5) is 50.1. The smallest absolute Gasteiger partial charge is 0.337 e. The van der Waals surface area contributed by atoms with Crippen LogP contribution in [0, 0.1) is 0 Å². The Hall–Kier alpha value is -3.32. The number of benzene rings is 2. The van der Waals surface area contributed by atoms with Crippen LogP contribution in [-0.2, 0) is 19.1 Å². The van der Waals surface area contributed by atoms with Crippen LogP contribution in [0.15, 0.2) is 48.5 Å². The summed E-state index contributed by atoms with van der Waals surface area (Å²) >= 11 is 0. The van der Waals surface area contributed by atoms with Gasteiger partial charge in [-0.2, -0.15) is 0 Å². The molecule has 0 heterocycles. The van der Waals surface area contributed by atoms with E-state index >= 15 is 0 Å². The molecule has 0 aliphatic carbocycles. The number of amides is 1. The largest absolute Gasteiger partial charge is 0.465 e. The first-order valence-corrected chi connectivity index (χ1v) is 14.0. The van der Waals surface area contributed by atoms with Gasteiger partial charge in [-0.25, -0.2) is 4.79 Å². The number of esters is 1. The maximum absolute atomic E-state index is 13.0. The number of unbranched alkanes of at least 4 members (excludes halogenated alkanes) is 2. The third-order valence-electron chi connectivity index (χ3n) is 6.89. The van der Waals surface area contributed by atoms with Crippen molar-refractivity contribution in [2.45, 2.75) is 78.1 Å². The zero-order valence-corrected chi connectivity index (χ0v) is 23.9. The van der Waals surface area contributed by atoms with Crippen molar-refractivity contribution in [2.24, 2.45) is 0 Å². The Bertz CT molecular complexity index is 1060.